The minimum absolute atomic E-state index is 0.0630. The van der Waals surface area contributed by atoms with E-state index >= 15 is 0 Å². The smallest absolute Gasteiger partial charge is 0.321 e. The van der Waals surface area contributed by atoms with E-state index in [1.54, 1.807) is 38.4 Å². The molecule has 0 aliphatic carbocycles. The molecule has 1 atom stereocenters. The number of nitrogens with one attached hydrogen (secondary N) is 1. The number of carboxylic acid groups (broad SMARTS) is 1. The van der Waals surface area contributed by atoms with Gasteiger partial charge in [0.15, 0.2) is 0 Å². The summed E-state index contributed by atoms with van der Waals surface area (Å²) in [4.78, 5) is 38.7. The summed E-state index contributed by atoms with van der Waals surface area (Å²) >= 11 is 0. The largest absolute Gasteiger partial charge is 0.481 e. The van der Waals surface area contributed by atoms with E-state index in [4.69, 9.17) is 4.74 Å². The van der Waals surface area contributed by atoms with Crippen LogP contribution in [0.25, 0.3) is 0 Å². The van der Waals surface area contributed by atoms with Gasteiger partial charge in [-0.1, -0.05) is 0 Å². The standard InChI is InChI=1S/C17H23N3O5/c1-19(2)14(21)12-4-6-13(7-5-12)18-16(24)20-9-8-17(10-20,11-25-3)15(22)23/h4-7H,8-11H2,1-3H3,(H,18,24)(H,22,23). The topological polar surface area (TPSA) is 99.2 Å². The summed E-state index contributed by atoms with van der Waals surface area (Å²) in [6.45, 7) is 0.505. The average Bonchev–Trinajstić information content (AvgIpc) is 3.01. The van der Waals surface area contributed by atoms with E-state index in [9.17, 15) is 19.5 Å². The van der Waals surface area contributed by atoms with Crippen LogP contribution in [0.1, 0.15) is 16.8 Å². The maximum atomic E-state index is 12.4. The van der Waals surface area contributed by atoms with Crippen LogP contribution < -0.4 is 5.32 Å². The number of urea groups is 1. The van der Waals surface area contributed by atoms with Crippen molar-refractivity contribution in [3.63, 3.8) is 0 Å². The minimum Gasteiger partial charge on any atom is -0.481 e. The van der Waals surface area contributed by atoms with E-state index in [2.05, 4.69) is 5.32 Å². The SMILES string of the molecule is COCC1(C(=O)O)CCN(C(=O)Nc2ccc(C(=O)N(C)C)cc2)C1. The molecular formula is C17H23N3O5. The van der Waals surface area contributed by atoms with Gasteiger partial charge in [0.2, 0.25) is 0 Å². The summed E-state index contributed by atoms with van der Waals surface area (Å²) in [6.07, 6.45) is 0.347. The quantitative estimate of drug-likeness (QED) is 0.836. The van der Waals surface area contributed by atoms with Crippen LogP contribution in [0.5, 0.6) is 0 Å². The molecule has 0 saturated carbocycles. The number of methoxy groups -OCH3 is 1. The zero-order valence-corrected chi connectivity index (χ0v) is 14.6. The van der Waals surface area contributed by atoms with E-state index in [-0.39, 0.29) is 25.1 Å². The molecule has 1 unspecified atom stereocenters. The monoisotopic (exact) mass is 349 g/mol. The van der Waals surface area contributed by atoms with Crippen LogP contribution in [0, 0.1) is 5.41 Å². The van der Waals surface area contributed by atoms with Gasteiger partial charge in [0, 0.05) is 45.5 Å². The molecule has 8 nitrogen and oxygen atoms in total. The Bertz CT molecular complexity index is 659. The van der Waals surface area contributed by atoms with Crippen molar-refractivity contribution in [3.05, 3.63) is 29.8 Å². The van der Waals surface area contributed by atoms with Gasteiger partial charge in [-0.15, -0.1) is 0 Å². The first-order valence-corrected chi connectivity index (χ1v) is 7.89. The second kappa shape index (κ2) is 7.52. The van der Waals surface area contributed by atoms with Gasteiger partial charge in [-0.3, -0.25) is 9.59 Å². The molecule has 25 heavy (non-hydrogen) atoms. The van der Waals surface area contributed by atoms with Crippen LogP contribution in [-0.2, 0) is 9.53 Å². The summed E-state index contributed by atoms with van der Waals surface area (Å²) in [7, 11) is 4.78. The molecule has 1 aliphatic heterocycles. The summed E-state index contributed by atoms with van der Waals surface area (Å²) in [5.74, 6) is -1.08. The lowest BCUT2D eigenvalue weighted by Gasteiger charge is -2.24. The van der Waals surface area contributed by atoms with Gasteiger partial charge in [0.1, 0.15) is 5.41 Å². The second-order valence-corrected chi connectivity index (χ2v) is 6.40. The van der Waals surface area contributed by atoms with Gasteiger partial charge in [-0.2, -0.15) is 0 Å². The Balaban J connectivity index is 2.01. The van der Waals surface area contributed by atoms with Crippen molar-refractivity contribution in [3.8, 4) is 0 Å². The van der Waals surface area contributed by atoms with Crippen molar-refractivity contribution in [2.24, 2.45) is 5.41 Å². The maximum Gasteiger partial charge on any atom is 0.321 e. The first-order valence-electron chi connectivity index (χ1n) is 7.89. The van der Waals surface area contributed by atoms with Crippen LogP contribution in [-0.4, -0.2) is 73.7 Å². The zero-order valence-electron chi connectivity index (χ0n) is 14.6. The predicted octanol–water partition coefficient (Wildman–Crippen LogP) is 1.34. The highest BCUT2D eigenvalue weighted by Gasteiger charge is 2.46. The van der Waals surface area contributed by atoms with Crippen LogP contribution >= 0.6 is 0 Å². The van der Waals surface area contributed by atoms with E-state index in [1.807, 2.05) is 0 Å². The summed E-state index contributed by atoms with van der Waals surface area (Å²) in [6, 6.07) is 6.18. The minimum atomic E-state index is -1.06. The van der Waals surface area contributed by atoms with Crippen molar-refractivity contribution in [1.29, 1.82) is 0 Å². The molecule has 2 N–H and O–H groups in total. The second-order valence-electron chi connectivity index (χ2n) is 6.40. The number of rotatable bonds is 5. The van der Waals surface area contributed by atoms with Crippen molar-refractivity contribution >= 4 is 23.6 Å². The Morgan fingerprint density at radius 3 is 2.44 bits per heavy atom. The van der Waals surface area contributed by atoms with E-state index in [0.717, 1.165) is 0 Å². The number of likely N-dealkylation sites (tertiary alicyclic amines) is 1. The molecule has 1 heterocycles. The molecule has 1 aromatic rings. The van der Waals surface area contributed by atoms with Gasteiger partial charge in [-0.25, -0.2) is 4.79 Å². The molecule has 0 aromatic heterocycles. The Labute approximate surface area is 146 Å². The number of ether oxygens (including phenoxy) is 1. The molecule has 1 fully saturated rings. The molecule has 1 aliphatic rings. The number of amides is 3. The molecule has 8 heteroatoms. The fraction of sp³-hybridized carbons (Fsp3) is 0.471. The van der Waals surface area contributed by atoms with Crippen LogP contribution in [0.4, 0.5) is 10.5 Å². The molecule has 1 saturated heterocycles. The lowest BCUT2D eigenvalue weighted by atomic mass is 9.88. The number of hydrogen-bond acceptors (Lipinski definition) is 4. The lowest BCUT2D eigenvalue weighted by Crippen LogP contribution is -2.41. The molecule has 3 amide bonds. The van der Waals surface area contributed by atoms with Gasteiger partial charge in [-0.05, 0) is 30.7 Å². The van der Waals surface area contributed by atoms with E-state index in [1.165, 1.54) is 16.9 Å². The molecule has 136 valence electrons. The van der Waals surface area contributed by atoms with Crippen molar-refractivity contribution in [2.75, 3.05) is 46.2 Å². The number of carbonyl (C=O) groups is 3. The van der Waals surface area contributed by atoms with Crippen molar-refractivity contribution in [2.45, 2.75) is 6.42 Å². The third-order valence-corrected chi connectivity index (χ3v) is 4.30. The number of carbonyl (C=O) groups excluding carboxylic acids is 2. The number of hydrogen-bond donors (Lipinski definition) is 2. The molecule has 0 spiro atoms. The highest BCUT2D eigenvalue weighted by Crippen LogP contribution is 2.31. The van der Waals surface area contributed by atoms with E-state index < -0.39 is 11.4 Å². The highest BCUT2D eigenvalue weighted by atomic mass is 16.5. The summed E-state index contributed by atoms with van der Waals surface area (Å²) in [5, 5.41) is 12.2. The number of carboxylic acids is 1. The third kappa shape index (κ3) is 4.08. The maximum absolute atomic E-state index is 12.4. The number of aliphatic carboxylic acids is 1. The lowest BCUT2D eigenvalue weighted by molar-refractivity contribution is -0.151. The molecule has 2 rings (SSSR count). The Kier molecular flexibility index (Phi) is 5.63. The van der Waals surface area contributed by atoms with Crippen molar-refractivity contribution < 1.29 is 24.2 Å². The van der Waals surface area contributed by atoms with Crippen LogP contribution in [0.2, 0.25) is 0 Å². The first kappa shape index (κ1) is 18.7. The van der Waals surface area contributed by atoms with Crippen LogP contribution in [0.15, 0.2) is 24.3 Å². The molecule has 0 bridgehead atoms. The predicted molar refractivity (Wildman–Crippen MR) is 91.6 cm³/mol. The number of anilines is 1. The van der Waals surface area contributed by atoms with E-state index in [0.29, 0.717) is 24.2 Å². The summed E-state index contributed by atoms with van der Waals surface area (Å²) < 4.78 is 5.02. The fourth-order valence-electron chi connectivity index (χ4n) is 2.83. The van der Waals surface area contributed by atoms with Gasteiger partial charge in [0.05, 0.1) is 6.61 Å². The van der Waals surface area contributed by atoms with Gasteiger partial charge < -0.3 is 25.0 Å². The fourth-order valence-corrected chi connectivity index (χ4v) is 2.83. The molecule has 1 aromatic carbocycles. The number of benzene rings is 1. The summed E-state index contributed by atoms with van der Waals surface area (Å²) in [5.41, 5.74) is 0.00249. The zero-order chi connectivity index (χ0) is 18.6. The Morgan fingerprint density at radius 2 is 1.92 bits per heavy atom. The first-order chi connectivity index (χ1) is 11.8. The molecular weight excluding hydrogens is 326 g/mol. The normalized spacial score (nSPS) is 19.6. The van der Waals surface area contributed by atoms with Gasteiger partial charge in [0.25, 0.3) is 5.91 Å². The average molecular weight is 349 g/mol. The molecule has 0 radical (unpaired) electrons. The van der Waals surface area contributed by atoms with Crippen molar-refractivity contribution in [1.82, 2.24) is 9.80 Å². The van der Waals surface area contributed by atoms with Crippen LogP contribution in [0.3, 0.4) is 0 Å². The third-order valence-electron chi connectivity index (χ3n) is 4.30. The van der Waals surface area contributed by atoms with Gasteiger partial charge >= 0.3 is 12.0 Å². The Hall–Kier alpha value is -2.61. The number of nitrogens with zero attached hydrogens (tertiary/aromatic N) is 2. The Morgan fingerprint density at radius 1 is 1.28 bits per heavy atom. The highest BCUT2D eigenvalue weighted by molar-refractivity contribution is 5.95.